The van der Waals surface area contributed by atoms with Gasteiger partial charge in [-0.3, -0.25) is 4.79 Å². The molecule has 0 radical (unpaired) electrons. The van der Waals surface area contributed by atoms with Crippen LogP contribution in [0.4, 0.5) is 0 Å². The lowest BCUT2D eigenvalue weighted by atomic mass is 10.1. The third kappa shape index (κ3) is 2.08. The minimum Gasteiger partial charge on any atom is -0.366 e. The molecule has 0 aliphatic carbocycles. The van der Waals surface area contributed by atoms with Crippen molar-refractivity contribution in [1.29, 1.82) is 0 Å². The predicted molar refractivity (Wildman–Crippen MR) is 63.8 cm³/mol. The molecule has 2 N–H and O–H groups in total. The summed E-state index contributed by atoms with van der Waals surface area (Å²) < 4.78 is 0.766. The maximum Gasteiger partial charge on any atom is 0.249 e. The number of aromatic nitrogens is 1. The first-order valence-electron chi connectivity index (χ1n) is 4.18. The van der Waals surface area contributed by atoms with Crippen molar-refractivity contribution >= 4 is 33.2 Å². The highest BCUT2D eigenvalue weighted by atomic mass is 79.9. The Morgan fingerprint density at radius 2 is 2.13 bits per heavy atom. The summed E-state index contributed by atoms with van der Waals surface area (Å²) in [5.74, 6) is -0.433. The van der Waals surface area contributed by atoms with Gasteiger partial charge in [0, 0.05) is 16.5 Å². The van der Waals surface area contributed by atoms with Crippen molar-refractivity contribution in [1.82, 2.24) is 4.98 Å². The molecule has 1 amide bonds. The van der Waals surface area contributed by atoms with E-state index in [1.54, 1.807) is 12.1 Å². The van der Waals surface area contributed by atoms with E-state index in [4.69, 9.17) is 5.73 Å². The van der Waals surface area contributed by atoms with Gasteiger partial charge in [-0.1, -0.05) is 18.2 Å². The minimum atomic E-state index is -0.433. The molecular formula is C10H7BrN2OS. The Bertz CT molecular complexity index is 510. The van der Waals surface area contributed by atoms with Crippen LogP contribution < -0.4 is 5.73 Å². The lowest BCUT2D eigenvalue weighted by molar-refractivity contribution is 0.100. The van der Waals surface area contributed by atoms with Crippen LogP contribution in [0, 0.1) is 0 Å². The first-order valence-corrected chi connectivity index (χ1v) is 5.86. The number of halogens is 1. The fourth-order valence-electron chi connectivity index (χ4n) is 1.26. The summed E-state index contributed by atoms with van der Waals surface area (Å²) in [5.41, 5.74) is 6.56. The summed E-state index contributed by atoms with van der Waals surface area (Å²) in [7, 11) is 0. The Balaban J connectivity index is 2.57. The molecule has 5 heteroatoms. The molecule has 0 spiro atoms. The van der Waals surface area contributed by atoms with Crippen molar-refractivity contribution in [3.63, 3.8) is 0 Å². The van der Waals surface area contributed by atoms with Gasteiger partial charge in [0.25, 0.3) is 0 Å². The monoisotopic (exact) mass is 282 g/mol. The number of hydrogen-bond acceptors (Lipinski definition) is 3. The molecule has 15 heavy (non-hydrogen) atoms. The van der Waals surface area contributed by atoms with Crippen LogP contribution in [0.5, 0.6) is 0 Å². The molecule has 2 rings (SSSR count). The third-order valence-electron chi connectivity index (χ3n) is 1.90. The zero-order chi connectivity index (χ0) is 10.8. The molecule has 0 saturated carbocycles. The molecule has 0 saturated heterocycles. The van der Waals surface area contributed by atoms with Crippen LogP contribution in [0.15, 0.2) is 34.2 Å². The number of thiazole rings is 1. The number of carbonyl (C=O) groups is 1. The normalized spacial score (nSPS) is 10.2. The predicted octanol–water partition coefficient (Wildman–Crippen LogP) is 2.67. The second-order valence-corrected chi connectivity index (χ2v) is 4.56. The first kappa shape index (κ1) is 10.3. The number of nitrogens with zero attached hydrogens (tertiary/aromatic N) is 1. The summed E-state index contributed by atoms with van der Waals surface area (Å²) >= 11 is 4.74. The van der Waals surface area contributed by atoms with Crippen molar-refractivity contribution in [2.75, 3.05) is 0 Å². The van der Waals surface area contributed by atoms with Gasteiger partial charge in [0.1, 0.15) is 9.61 Å². The second kappa shape index (κ2) is 4.12. The molecule has 0 unspecified atom stereocenters. The van der Waals surface area contributed by atoms with Crippen LogP contribution >= 0.6 is 27.3 Å². The molecule has 1 aromatic heterocycles. The summed E-state index contributed by atoms with van der Waals surface area (Å²) in [5, 5.41) is 2.66. The van der Waals surface area contributed by atoms with Gasteiger partial charge >= 0.3 is 0 Å². The van der Waals surface area contributed by atoms with Crippen molar-refractivity contribution in [3.8, 4) is 10.6 Å². The lowest BCUT2D eigenvalue weighted by Crippen LogP contribution is -2.12. The Morgan fingerprint density at radius 1 is 1.40 bits per heavy atom. The zero-order valence-electron chi connectivity index (χ0n) is 7.61. The fraction of sp³-hybridized carbons (Fsp3) is 0. The van der Waals surface area contributed by atoms with Gasteiger partial charge in [-0.05, 0) is 22.0 Å². The van der Waals surface area contributed by atoms with Gasteiger partial charge in [-0.25, -0.2) is 4.98 Å². The summed E-state index contributed by atoms with van der Waals surface area (Å²) in [6.07, 6.45) is 0. The molecule has 0 aliphatic rings. The van der Waals surface area contributed by atoms with Crippen LogP contribution in [-0.2, 0) is 0 Å². The zero-order valence-corrected chi connectivity index (χ0v) is 10.0. The first-order chi connectivity index (χ1) is 7.18. The third-order valence-corrected chi connectivity index (χ3v) is 3.48. The van der Waals surface area contributed by atoms with Gasteiger partial charge in [-0.15, -0.1) is 11.3 Å². The van der Waals surface area contributed by atoms with E-state index in [2.05, 4.69) is 20.9 Å². The van der Waals surface area contributed by atoms with E-state index in [0.29, 0.717) is 5.56 Å². The number of rotatable bonds is 2. The minimum absolute atomic E-state index is 0.433. The smallest absolute Gasteiger partial charge is 0.249 e. The molecule has 0 aliphatic heterocycles. The van der Waals surface area contributed by atoms with Gasteiger partial charge in [0.2, 0.25) is 5.91 Å². The topological polar surface area (TPSA) is 56.0 Å². The van der Waals surface area contributed by atoms with Crippen LogP contribution in [0.2, 0.25) is 0 Å². The van der Waals surface area contributed by atoms with Crippen LogP contribution in [0.25, 0.3) is 10.6 Å². The average Bonchev–Trinajstić information content (AvgIpc) is 2.65. The Hall–Kier alpha value is -1.20. The molecule has 1 heterocycles. The maximum absolute atomic E-state index is 11.2. The molecule has 1 aromatic carbocycles. The number of nitrogens with two attached hydrogens (primary N) is 1. The average molecular weight is 283 g/mol. The van der Waals surface area contributed by atoms with Crippen LogP contribution in [0.3, 0.4) is 0 Å². The summed E-state index contributed by atoms with van der Waals surface area (Å²) in [6, 6.07) is 7.18. The second-order valence-electron chi connectivity index (χ2n) is 2.89. The molecule has 2 aromatic rings. The number of benzene rings is 1. The SMILES string of the molecule is NC(=O)c1ccccc1-c1nc(Br)cs1. The highest BCUT2D eigenvalue weighted by Gasteiger charge is 2.11. The van der Waals surface area contributed by atoms with E-state index in [9.17, 15) is 4.79 Å². The summed E-state index contributed by atoms with van der Waals surface area (Å²) in [6.45, 7) is 0. The molecule has 76 valence electrons. The van der Waals surface area contributed by atoms with E-state index in [-0.39, 0.29) is 0 Å². The molecule has 3 nitrogen and oxygen atoms in total. The summed E-state index contributed by atoms with van der Waals surface area (Å²) in [4.78, 5) is 15.4. The van der Waals surface area contributed by atoms with E-state index in [0.717, 1.165) is 15.2 Å². The quantitative estimate of drug-likeness (QED) is 0.921. The standard InChI is InChI=1S/C10H7BrN2OS/c11-8-5-15-10(13-8)7-4-2-1-3-6(7)9(12)14/h1-5H,(H2,12,14). The van der Waals surface area contributed by atoms with Gasteiger partial charge < -0.3 is 5.73 Å². The number of primary amides is 1. The van der Waals surface area contributed by atoms with E-state index in [1.165, 1.54) is 11.3 Å². The van der Waals surface area contributed by atoms with Crippen molar-refractivity contribution in [2.24, 2.45) is 5.73 Å². The molecule has 0 bridgehead atoms. The molecular weight excluding hydrogens is 276 g/mol. The molecule has 0 fully saturated rings. The number of hydrogen-bond donors (Lipinski definition) is 1. The Labute approximate surface area is 99.1 Å². The van der Waals surface area contributed by atoms with Crippen LogP contribution in [0.1, 0.15) is 10.4 Å². The van der Waals surface area contributed by atoms with E-state index in [1.807, 2.05) is 17.5 Å². The van der Waals surface area contributed by atoms with Crippen molar-refractivity contribution in [3.05, 3.63) is 39.8 Å². The van der Waals surface area contributed by atoms with Crippen molar-refractivity contribution < 1.29 is 4.79 Å². The lowest BCUT2D eigenvalue weighted by Gasteiger charge is -2.01. The van der Waals surface area contributed by atoms with Gasteiger partial charge in [0.15, 0.2) is 0 Å². The van der Waals surface area contributed by atoms with Crippen LogP contribution in [-0.4, -0.2) is 10.9 Å². The number of carbonyl (C=O) groups excluding carboxylic acids is 1. The largest absolute Gasteiger partial charge is 0.366 e. The van der Waals surface area contributed by atoms with E-state index < -0.39 is 5.91 Å². The highest BCUT2D eigenvalue weighted by molar-refractivity contribution is 9.10. The highest BCUT2D eigenvalue weighted by Crippen LogP contribution is 2.28. The van der Waals surface area contributed by atoms with E-state index >= 15 is 0 Å². The molecule has 0 atom stereocenters. The van der Waals surface area contributed by atoms with Crippen molar-refractivity contribution in [2.45, 2.75) is 0 Å². The fourth-order valence-corrected chi connectivity index (χ4v) is 2.55. The van der Waals surface area contributed by atoms with Gasteiger partial charge in [-0.2, -0.15) is 0 Å². The number of amides is 1. The van der Waals surface area contributed by atoms with Gasteiger partial charge in [0.05, 0.1) is 0 Å². The Kier molecular flexibility index (Phi) is 2.83. The maximum atomic E-state index is 11.2. The Morgan fingerprint density at radius 3 is 2.73 bits per heavy atom.